The van der Waals surface area contributed by atoms with E-state index in [-0.39, 0.29) is 29.9 Å². The fourth-order valence-corrected chi connectivity index (χ4v) is 3.58. The molecule has 0 unspecified atom stereocenters. The van der Waals surface area contributed by atoms with E-state index in [9.17, 15) is 4.79 Å². The zero-order valence-corrected chi connectivity index (χ0v) is 21.0. The fourth-order valence-electron chi connectivity index (χ4n) is 3.58. The third-order valence-electron chi connectivity index (χ3n) is 5.13. The SMILES string of the molecule is CCOC(=O)CCCCCCNC(=NC)N1CCc2cc(OC)c(OC)cc2C1.I. The molecule has 0 saturated heterocycles. The molecule has 7 nitrogen and oxygen atoms in total. The smallest absolute Gasteiger partial charge is 0.305 e. The number of halogens is 1. The first kappa shape index (κ1) is 26.3. The van der Waals surface area contributed by atoms with E-state index in [1.54, 1.807) is 14.2 Å². The van der Waals surface area contributed by atoms with E-state index in [4.69, 9.17) is 14.2 Å². The van der Waals surface area contributed by atoms with Crippen LogP contribution in [-0.4, -0.2) is 57.8 Å². The van der Waals surface area contributed by atoms with Gasteiger partial charge in [0.1, 0.15) is 0 Å². The average molecular weight is 533 g/mol. The molecule has 1 aromatic rings. The van der Waals surface area contributed by atoms with Gasteiger partial charge in [-0.2, -0.15) is 0 Å². The van der Waals surface area contributed by atoms with Crippen molar-refractivity contribution in [2.45, 2.75) is 52.0 Å². The Hall–Kier alpha value is -1.71. The molecule has 1 aliphatic rings. The number of fused-ring (bicyclic) bond motifs is 1. The van der Waals surface area contributed by atoms with Crippen molar-refractivity contribution in [3.05, 3.63) is 23.3 Å². The number of hydrogen-bond donors (Lipinski definition) is 1. The summed E-state index contributed by atoms with van der Waals surface area (Å²) >= 11 is 0. The molecule has 170 valence electrons. The van der Waals surface area contributed by atoms with Crippen LogP contribution < -0.4 is 14.8 Å². The van der Waals surface area contributed by atoms with Crippen molar-refractivity contribution in [2.24, 2.45) is 4.99 Å². The predicted octanol–water partition coefficient (Wildman–Crippen LogP) is 3.77. The lowest BCUT2D eigenvalue weighted by molar-refractivity contribution is -0.143. The molecule has 1 N–H and O–H groups in total. The molecule has 1 heterocycles. The van der Waals surface area contributed by atoms with Gasteiger partial charge in [0.05, 0.1) is 20.8 Å². The number of hydrogen-bond acceptors (Lipinski definition) is 5. The van der Waals surface area contributed by atoms with Gasteiger partial charge in [-0.15, -0.1) is 24.0 Å². The van der Waals surface area contributed by atoms with Gasteiger partial charge < -0.3 is 24.4 Å². The molecule has 0 atom stereocenters. The lowest BCUT2D eigenvalue weighted by atomic mass is 9.99. The van der Waals surface area contributed by atoms with Crippen LogP contribution in [0.15, 0.2) is 17.1 Å². The fraction of sp³-hybridized carbons (Fsp3) is 0.636. The van der Waals surface area contributed by atoms with Crippen LogP contribution in [0.5, 0.6) is 11.5 Å². The van der Waals surface area contributed by atoms with Crippen LogP contribution in [-0.2, 0) is 22.5 Å². The van der Waals surface area contributed by atoms with Crippen molar-refractivity contribution in [2.75, 3.05) is 41.0 Å². The van der Waals surface area contributed by atoms with Crippen LogP contribution in [0.2, 0.25) is 0 Å². The average Bonchev–Trinajstić information content (AvgIpc) is 2.74. The number of carbonyl (C=O) groups is 1. The van der Waals surface area contributed by atoms with Crippen molar-refractivity contribution < 1.29 is 19.0 Å². The number of carbonyl (C=O) groups excluding carboxylic acids is 1. The number of benzene rings is 1. The minimum atomic E-state index is -0.0920. The highest BCUT2D eigenvalue weighted by Gasteiger charge is 2.21. The maximum atomic E-state index is 11.3. The number of ether oxygens (including phenoxy) is 3. The monoisotopic (exact) mass is 533 g/mol. The van der Waals surface area contributed by atoms with Crippen LogP contribution in [0, 0.1) is 0 Å². The predicted molar refractivity (Wildman–Crippen MR) is 130 cm³/mol. The van der Waals surface area contributed by atoms with Gasteiger partial charge in [0, 0.05) is 33.1 Å². The molecule has 0 saturated carbocycles. The van der Waals surface area contributed by atoms with Gasteiger partial charge in [0.15, 0.2) is 17.5 Å². The van der Waals surface area contributed by atoms with Crippen molar-refractivity contribution in [1.82, 2.24) is 10.2 Å². The highest BCUT2D eigenvalue weighted by Crippen LogP contribution is 2.33. The highest BCUT2D eigenvalue weighted by atomic mass is 127. The molecule has 0 radical (unpaired) electrons. The number of guanidine groups is 1. The number of aliphatic imine (C=N–C) groups is 1. The summed E-state index contributed by atoms with van der Waals surface area (Å²) in [6, 6.07) is 4.15. The van der Waals surface area contributed by atoms with Gasteiger partial charge in [-0.05, 0) is 49.4 Å². The van der Waals surface area contributed by atoms with E-state index in [0.29, 0.717) is 13.0 Å². The van der Waals surface area contributed by atoms with E-state index < -0.39 is 0 Å². The second-order valence-electron chi connectivity index (χ2n) is 7.09. The van der Waals surface area contributed by atoms with Gasteiger partial charge in [0.25, 0.3) is 0 Å². The topological polar surface area (TPSA) is 72.4 Å². The molecule has 0 aliphatic carbocycles. The molecule has 8 heteroatoms. The second-order valence-corrected chi connectivity index (χ2v) is 7.09. The van der Waals surface area contributed by atoms with E-state index in [1.807, 2.05) is 14.0 Å². The Balaban J connectivity index is 0.00000450. The van der Waals surface area contributed by atoms with Crippen LogP contribution in [0.1, 0.15) is 50.2 Å². The number of unbranched alkanes of at least 4 members (excludes halogenated alkanes) is 3. The number of nitrogens with zero attached hydrogens (tertiary/aromatic N) is 2. The molecule has 2 rings (SSSR count). The maximum Gasteiger partial charge on any atom is 0.305 e. The number of rotatable bonds is 10. The van der Waals surface area contributed by atoms with Crippen LogP contribution in [0.25, 0.3) is 0 Å². The largest absolute Gasteiger partial charge is 0.493 e. The van der Waals surface area contributed by atoms with Crippen LogP contribution in [0.3, 0.4) is 0 Å². The molecule has 0 amide bonds. The number of esters is 1. The summed E-state index contributed by atoms with van der Waals surface area (Å²) in [5.74, 6) is 2.38. The Morgan fingerprint density at radius 2 is 1.77 bits per heavy atom. The first-order valence-electron chi connectivity index (χ1n) is 10.5. The number of nitrogens with one attached hydrogen (secondary N) is 1. The Bertz CT molecular complexity index is 697. The van der Waals surface area contributed by atoms with Crippen molar-refractivity contribution in [1.29, 1.82) is 0 Å². The minimum absolute atomic E-state index is 0. The Morgan fingerprint density at radius 3 is 2.40 bits per heavy atom. The summed E-state index contributed by atoms with van der Waals surface area (Å²) in [6.07, 6.45) is 5.54. The standard InChI is InChI=1S/C22H35N3O4.HI/c1-5-29-21(26)10-8-6-7-9-12-24-22(23-2)25-13-11-17-14-19(27-3)20(28-4)15-18(17)16-25;/h14-15H,5-13,16H2,1-4H3,(H,23,24);1H. The Labute approximate surface area is 197 Å². The van der Waals surface area contributed by atoms with E-state index in [2.05, 4.69) is 27.3 Å². The molecule has 0 fully saturated rings. The van der Waals surface area contributed by atoms with Crippen LogP contribution in [0.4, 0.5) is 0 Å². The normalized spacial score (nSPS) is 13.2. The van der Waals surface area contributed by atoms with Crippen molar-refractivity contribution in [3.8, 4) is 11.5 Å². The summed E-state index contributed by atoms with van der Waals surface area (Å²) in [5, 5.41) is 3.47. The maximum absolute atomic E-state index is 11.3. The van der Waals surface area contributed by atoms with E-state index in [1.165, 1.54) is 11.1 Å². The van der Waals surface area contributed by atoms with Gasteiger partial charge in [0.2, 0.25) is 0 Å². The summed E-state index contributed by atoms with van der Waals surface area (Å²) in [4.78, 5) is 18.1. The van der Waals surface area contributed by atoms with Crippen molar-refractivity contribution in [3.63, 3.8) is 0 Å². The second kappa shape index (κ2) is 14.3. The summed E-state index contributed by atoms with van der Waals surface area (Å²) in [6.45, 7) is 4.89. The van der Waals surface area contributed by atoms with E-state index >= 15 is 0 Å². The molecule has 0 bridgehead atoms. The summed E-state index contributed by atoms with van der Waals surface area (Å²) in [5.41, 5.74) is 2.55. The highest BCUT2D eigenvalue weighted by molar-refractivity contribution is 14.0. The third-order valence-corrected chi connectivity index (χ3v) is 5.13. The molecular formula is C22H36IN3O4. The van der Waals surface area contributed by atoms with Crippen LogP contribution >= 0.6 is 24.0 Å². The third kappa shape index (κ3) is 7.85. The first-order valence-corrected chi connectivity index (χ1v) is 10.5. The first-order chi connectivity index (χ1) is 14.1. The summed E-state index contributed by atoms with van der Waals surface area (Å²) in [7, 11) is 5.16. The lowest BCUT2D eigenvalue weighted by Crippen LogP contribution is -2.44. The molecule has 1 aliphatic heterocycles. The summed E-state index contributed by atoms with van der Waals surface area (Å²) < 4.78 is 15.8. The Morgan fingerprint density at radius 1 is 1.10 bits per heavy atom. The molecule has 0 aromatic heterocycles. The van der Waals surface area contributed by atoms with Gasteiger partial charge in [-0.25, -0.2) is 0 Å². The quantitative estimate of drug-likeness (QED) is 0.162. The Kier molecular flexibility index (Phi) is 12.6. The molecule has 1 aromatic carbocycles. The van der Waals surface area contributed by atoms with E-state index in [0.717, 1.165) is 69.2 Å². The van der Waals surface area contributed by atoms with Gasteiger partial charge in [-0.3, -0.25) is 9.79 Å². The molecule has 30 heavy (non-hydrogen) atoms. The zero-order valence-electron chi connectivity index (χ0n) is 18.7. The molecule has 0 spiro atoms. The minimum Gasteiger partial charge on any atom is -0.493 e. The van der Waals surface area contributed by atoms with Gasteiger partial charge >= 0.3 is 5.97 Å². The zero-order chi connectivity index (χ0) is 21.1. The molecular weight excluding hydrogens is 497 g/mol. The number of methoxy groups -OCH3 is 2. The van der Waals surface area contributed by atoms with Gasteiger partial charge in [-0.1, -0.05) is 12.8 Å². The lowest BCUT2D eigenvalue weighted by Gasteiger charge is -2.32. The van der Waals surface area contributed by atoms with Crippen molar-refractivity contribution >= 4 is 35.9 Å².